The third-order valence-corrected chi connectivity index (χ3v) is 6.18. The lowest BCUT2D eigenvalue weighted by molar-refractivity contribution is 0.0882. The van der Waals surface area contributed by atoms with Gasteiger partial charge in [-0.05, 0) is 43.9 Å². The van der Waals surface area contributed by atoms with Gasteiger partial charge in [0, 0.05) is 43.0 Å². The standard InChI is InChI=1S/C22H28N4OS/c1-5-20(23)26(16-9-7-8-15(3)10-11-16)22(27)19-14-17-18(25(4)6-2)12-13-24-21(17)28-19/h9-15,23H,5-8H2,1-4H3. The van der Waals surface area contributed by atoms with Gasteiger partial charge in [0.15, 0.2) is 0 Å². The van der Waals surface area contributed by atoms with Gasteiger partial charge in [0.1, 0.15) is 10.7 Å². The fourth-order valence-electron chi connectivity index (χ4n) is 3.29. The zero-order valence-electron chi connectivity index (χ0n) is 17.0. The Morgan fingerprint density at radius 1 is 1.39 bits per heavy atom. The van der Waals surface area contributed by atoms with E-state index < -0.39 is 0 Å². The Kier molecular flexibility index (Phi) is 6.29. The van der Waals surface area contributed by atoms with E-state index in [2.05, 4.69) is 35.9 Å². The van der Waals surface area contributed by atoms with Crippen molar-refractivity contribution in [3.63, 3.8) is 0 Å². The van der Waals surface area contributed by atoms with Crippen LogP contribution in [0, 0.1) is 11.3 Å². The number of thiophene rings is 1. The fraction of sp³-hybridized carbons (Fsp3) is 0.409. The molecule has 1 aliphatic carbocycles. The van der Waals surface area contributed by atoms with Crippen molar-refractivity contribution in [2.75, 3.05) is 18.5 Å². The van der Waals surface area contributed by atoms with Gasteiger partial charge in [-0.1, -0.05) is 26.0 Å². The number of anilines is 1. The van der Waals surface area contributed by atoms with E-state index in [9.17, 15) is 4.79 Å². The quantitative estimate of drug-likeness (QED) is 0.540. The first kappa shape index (κ1) is 20.3. The fourth-order valence-corrected chi connectivity index (χ4v) is 4.24. The highest BCUT2D eigenvalue weighted by molar-refractivity contribution is 7.20. The molecule has 0 saturated carbocycles. The molecule has 1 N–H and O–H groups in total. The van der Waals surface area contributed by atoms with E-state index in [1.54, 1.807) is 11.1 Å². The summed E-state index contributed by atoms with van der Waals surface area (Å²) in [7, 11) is 2.04. The van der Waals surface area contributed by atoms with E-state index in [1.807, 2.05) is 32.2 Å². The third kappa shape index (κ3) is 4.02. The first-order valence-corrected chi connectivity index (χ1v) is 10.7. The number of rotatable bonds is 5. The molecule has 5 nitrogen and oxygen atoms in total. The lowest BCUT2D eigenvalue weighted by Gasteiger charge is -2.23. The first-order valence-electron chi connectivity index (χ1n) is 9.86. The van der Waals surface area contributed by atoms with E-state index in [0.29, 0.717) is 23.1 Å². The maximum Gasteiger partial charge on any atom is 0.273 e. The SMILES string of the molecule is CCC(=N)N(C(=O)c1cc2c(N(C)CC)ccnc2s1)C1=CCCC(C)C=C1. The van der Waals surface area contributed by atoms with Gasteiger partial charge in [0.2, 0.25) is 0 Å². The minimum absolute atomic E-state index is 0.148. The summed E-state index contributed by atoms with van der Waals surface area (Å²) in [5.74, 6) is 0.638. The summed E-state index contributed by atoms with van der Waals surface area (Å²) in [6, 6.07) is 3.91. The Balaban J connectivity index is 2.03. The van der Waals surface area contributed by atoms with Gasteiger partial charge in [-0.15, -0.1) is 11.3 Å². The summed E-state index contributed by atoms with van der Waals surface area (Å²) < 4.78 is 0. The van der Waals surface area contributed by atoms with Gasteiger partial charge in [-0.25, -0.2) is 4.98 Å². The molecular weight excluding hydrogens is 368 g/mol. The number of carbonyl (C=O) groups excluding carboxylic acids is 1. The van der Waals surface area contributed by atoms with Gasteiger partial charge < -0.3 is 4.90 Å². The molecule has 2 aromatic heterocycles. The Morgan fingerprint density at radius 2 is 2.18 bits per heavy atom. The van der Waals surface area contributed by atoms with Crippen molar-refractivity contribution in [1.82, 2.24) is 9.88 Å². The molecule has 2 heterocycles. The van der Waals surface area contributed by atoms with Gasteiger partial charge in [-0.2, -0.15) is 0 Å². The van der Waals surface area contributed by atoms with Gasteiger partial charge in [0.25, 0.3) is 5.91 Å². The van der Waals surface area contributed by atoms with Crippen molar-refractivity contribution in [3.8, 4) is 0 Å². The number of nitrogens with one attached hydrogen (secondary N) is 1. The monoisotopic (exact) mass is 396 g/mol. The summed E-state index contributed by atoms with van der Waals surface area (Å²) >= 11 is 1.40. The number of fused-ring (bicyclic) bond motifs is 1. The van der Waals surface area contributed by atoms with E-state index in [-0.39, 0.29) is 5.91 Å². The normalized spacial score (nSPS) is 16.6. The van der Waals surface area contributed by atoms with Crippen LogP contribution in [0.4, 0.5) is 5.69 Å². The molecule has 1 aliphatic rings. The number of hydrogen-bond acceptors (Lipinski definition) is 5. The van der Waals surface area contributed by atoms with Crippen molar-refractivity contribution >= 4 is 39.0 Å². The highest BCUT2D eigenvalue weighted by Crippen LogP contribution is 2.33. The molecular formula is C22H28N4OS. The average molecular weight is 397 g/mol. The van der Waals surface area contributed by atoms with Gasteiger partial charge in [0.05, 0.1) is 4.88 Å². The van der Waals surface area contributed by atoms with E-state index >= 15 is 0 Å². The van der Waals surface area contributed by atoms with Crippen molar-refractivity contribution in [2.24, 2.45) is 5.92 Å². The molecule has 0 bridgehead atoms. The van der Waals surface area contributed by atoms with Crippen LogP contribution in [-0.2, 0) is 0 Å². The summed E-state index contributed by atoms with van der Waals surface area (Å²) in [4.78, 5) is 23.1. The lowest BCUT2D eigenvalue weighted by Crippen LogP contribution is -2.34. The molecule has 1 unspecified atom stereocenters. The highest BCUT2D eigenvalue weighted by atomic mass is 32.1. The Hall–Kier alpha value is -2.47. The maximum atomic E-state index is 13.4. The Labute approximate surface area is 170 Å². The third-order valence-electron chi connectivity index (χ3n) is 5.15. The van der Waals surface area contributed by atoms with Crippen molar-refractivity contribution < 1.29 is 4.79 Å². The maximum absolute atomic E-state index is 13.4. The second-order valence-electron chi connectivity index (χ2n) is 7.16. The molecule has 0 saturated heterocycles. The minimum Gasteiger partial charge on any atom is -0.374 e. The summed E-state index contributed by atoms with van der Waals surface area (Å²) in [6.07, 6.45) is 10.4. The van der Waals surface area contributed by atoms with Crippen LogP contribution in [0.2, 0.25) is 0 Å². The van der Waals surface area contributed by atoms with E-state index in [0.717, 1.165) is 41.0 Å². The second kappa shape index (κ2) is 8.69. The van der Waals surface area contributed by atoms with Crippen molar-refractivity contribution in [1.29, 1.82) is 5.41 Å². The number of amidine groups is 1. The Morgan fingerprint density at radius 3 is 2.89 bits per heavy atom. The summed E-state index contributed by atoms with van der Waals surface area (Å²) in [5, 5.41) is 9.41. The lowest BCUT2D eigenvalue weighted by atomic mass is 10.1. The molecule has 1 amide bonds. The van der Waals surface area contributed by atoms with Crippen molar-refractivity contribution in [3.05, 3.63) is 47.1 Å². The number of nitrogens with zero attached hydrogens (tertiary/aromatic N) is 3. The minimum atomic E-state index is -0.148. The smallest absolute Gasteiger partial charge is 0.273 e. The van der Waals surface area contributed by atoms with E-state index in [4.69, 9.17) is 5.41 Å². The van der Waals surface area contributed by atoms with Crippen LogP contribution in [-0.4, -0.2) is 35.2 Å². The van der Waals surface area contributed by atoms with Gasteiger partial charge >= 0.3 is 0 Å². The van der Waals surface area contributed by atoms with E-state index in [1.165, 1.54) is 11.3 Å². The average Bonchev–Trinajstić information content (AvgIpc) is 3.04. The molecule has 0 spiro atoms. The zero-order valence-corrected chi connectivity index (χ0v) is 17.8. The number of aromatic nitrogens is 1. The highest BCUT2D eigenvalue weighted by Gasteiger charge is 2.25. The summed E-state index contributed by atoms with van der Waals surface area (Å²) in [5.41, 5.74) is 1.87. The predicted molar refractivity (Wildman–Crippen MR) is 118 cm³/mol. The second-order valence-corrected chi connectivity index (χ2v) is 8.19. The molecule has 1 atom stereocenters. The topological polar surface area (TPSA) is 60.3 Å². The van der Waals surface area contributed by atoms with Crippen LogP contribution < -0.4 is 4.90 Å². The molecule has 6 heteroatoms. The number of hydrogen-bond donors (Lipinski definition) is 1. The zero-order chi connectivity index (χ0) is 20.3. The van der Waals surface area contributed by atoms with Crippen LogP contribution in [0.5, 0.6) is 0 Å². The van der Waals surface area contributed by atoms with Crippen LogP contribution in [0.15, 0.2) is 42.3 Å². The van der Waals surface area contributed by atoms with Gasteiger partial charge in [-0.3, -0.25) is 15.1 Å². The molecule has 0 radical (unpaired) electrons. The number of carbonyl (C=O) groups is 1. The molecule has 2 aromatic rings. The molecule has 0 aromatic carbocycles. The Bertz CT molecular complexity index is 943. The van der Waals surface area contributed by atoms with Crippen LogP contribution >= 0.6 is 11.3 Å². The molecule has 0 fully saturated rings. The predicted octanol–water partition coefficient (Wildman–Crippen LogP) is 5.45. The van der Waals surface area contributed by atoms with Crippen LogP contribution in [0.25, 0.3) is 10.2 Å². The van der Waals surface area contributed by atoms with Crippen LogP contribution in [0.1, 0.15) is 49.7 Å². The molecule has 148 valence electrons. The molecule has 0 aliphatic heterocycles. The van der Waals surface area contributed by atoms with Crippen LogP contribution in [0.3, 0.4) is 0 Å². The summed E-state index contributed by atoms with van der Waals surface area (Å²) in [6.45, 7) is 7.06. The first-order chi connectivity index (χ1) is 13.5. The van der Waals surface area contributed by atoms with Crippen molar-refractivity contribution in [2.45, 2.75) is 40.0 Å². The largest absolute Gasteiger partial charge is 0.374 e. The molecule has 28 heavy (non-hydrogen) atoms. The molecule has 3 rings (SSSR count). The number of amides is 1. The number of pyridine rings is 1. The number of allylic oxidation sites excluding steroid dienone is 3.